The Morgan fingerprint density at radius 2 is 1.76 bits per heavy atom. The Labute approximate surface area is 174 Å². The van der Waals surface area contributed by atoms with Crippen molar-refractivity contribution in [3.8, 4) is 10.6 Å². The molecule has 0 fully saturated rings. The summed E-state index contributed by atoms with van der Waals surface area (Å²) in [7, 11) is 0. The first-order valence-corrected chi connectivity index (χ1v) is 10.8. The number of esters is 1. The number of hydrogen-bond donors (Lipinski definition) is 0. The number of rotatable bonds is 6. The van der Waals surface area contributed by atoms with Gasteiger partial charge in [-0.25, -0.2) is 9.78 Å². The minimum atomic E-state index is -4.40. The third kappa shape index (κ3) is 5.19. The van der Waals surface area contributed by atoms with Crippen LogP contribution in [0.15, 0.2) is 53.4 Å². The third-order valence-electron chi connectivity index (χ3n) is 4.15. The molecule has 0 N–H and O–H groups in total. The number of thiazole rings is 1. The highest BCUT2D eigenvalue weighted by Crippen LogP contribution is 2.34. The summed E-state index contributed by atoms with van der Waals surface area (Å²) in [5.41, 5.74) is 1.34. The summed E-state index contributed by atoms with van der Waals surface area (Å²) in [6.45, 7) is 1.95. The van der Waals surface area contributed by atoms with E-state index in [-0.39, 0.29) is 6.61 Å². The molecule has 1 aromatic heterocycles. The van der Waals surface area contributed by atoms with Gasteiger partial charge in [-0.1, -0.05) is 24.3 Å². The standard InChI is InChI=1S/C21H18F3NO2S2/c1-3-27-20(26)18-17(12-13-4-10-16(28-2)11-5-13)25-19(29-18)14-6-8-15(9-7-14)21(22,23)24/h4-11H,3,12H2,1-2H3. The summed E-state index contributed by atoms with van der Waals surface area (Å²) in [6.07, 6.45) is -1.98. The van der Waals surface area contributed by atoms with Gasteiger partial charge in [0.05, 0.1) is 17.9 Å². The summed E-state index contributed by atoms with van der Waals surface area (Å²) >= 11 is 2.76. The highest BCUT2D eigenvalue weighted by Gasteiger charge is 2.30. The van der Waals surface area contributed by atoms with Gasteiger partial charge in [-0.2, -0.15) is 13.2 Å². The quantitative estimate of drug-likeness (QED) is 0.334. The summed E-state index contributed by atoms with van der Waals surface area (Å²) in [5.74, 6) is -0.473. The molecule has 0 aliphatic carbocycles. The maximum atomic E-state index is 12.8. The number of alkyl halides is 3. The van der Waals surface area contributed by atoms with E-state index in [1.807, 2.05) is 30.5 Å². The van der Waals surface area contributed by atoms with E-state index >= 15 is 0 Å². The molecule has 0 unspecified atom stereocenters. The fourth-order valence-corrected chi connectivity index (χ4v) is 4.08. The summed E-state index contributed by atoms with van der Waals surface area (Å²) < 4.78 is 43.5. The van der Waals surface area contributed by atoms with E-state index in [2.05, 4.69) is 4.98 Å². The van der Waals surface area contributed by atoms with Crippen LogP contribution in [-0.4, -0.2) is 23.8 Å². The highest BCUT2D eigenvalue weighted by atomic mass is 32.2. The van der Waals surface area contributed by atoms with Gasteiger partial charge in [0.2, 0.25) is 0 Å². The number of carbonyl (C=O) groups excluding carboxylic acids is 1. The molecule has 3 nitrogen and oxygen atoms in total. The van der Waals surface area contributed by atoms with Crippen LogP contribution in [0.25, 0.3) is 10.6 Å². The van der Waals surface area contributed by atoms with E-state index in [0.29, 0.717) is 27.6 Å². The monoisotopic (exact) mass is 437 g/mol. The van der Waals surface area contributed by atoms with E-state index in [0.717, 1.165) is 33.9 Å². The summed E-state index contributed by atoms with van der Waals surface area (Å²) in [5, 5.41) is 0.484. The van der Waals surface area contributed by atoms with Crippen LogP contribution in [-0.2, 0) is 17.3 Å². The number of nitrogens with zero attached hydrogens (tertiary/aromatic N) is 1. The molecule has 0 radical (unpaired) electrons. The van der Waals surface area contributed by atoms with E-state index in [1.54, 1.807) is 18.7 Å². The number of carbonyl (C=O) groups is 1. The van der Waals surface area contributed by atoms with Crippen LogP contribution >= 0.6 is 23.1 Å². The maximum Gasteiger partial charge on any atom is 0.416 e. The Balaban J connectivity index is 1.94. The molecule has 3 rings (SSSR count). The van der Waals surface area contributed by atoms with Gasteiger partial charge in [0.1, 0.15) is 9.88 Å². The van der Waals surface area contributed by atoms with Crippen LogP contribution in [0.5, 0.6) is 0 Å². The smallest absolute Gasteiger partial charge is 0.416 e. The first-order valence-electron chi connectivity index (χ1n) is 8.79. The van der Waals surface area contributed by atoms with Crippen molar-refractivity contribution in [3.05, 3.63) is 70.2 Å². The van der Waals surface area contributed by atoms with Crippen LogP contribution in [0.1, 0.15) is 33.4 Å². The lowest BCUT2D eigenvalue weighted by Gasteiger charge is -2.06. The molecule has 0 bridgehead atoms. The zero-order valence-corrected chi connectivity index (χ0v) is 17.4. The number of aromatic nitrogens is 1. The van der Waals surface area contributed by atoms with E-state index < -0.39 is 17.7 Å². The Morgan fingerprint density at radius 3 is 2.31 bits per heavy atom. The molecular formula is C21H18F3NO2S2. The number of benzene rings is 2. The minimum absolute atomic E-state index is 0.230. The number of thioether (sulfide) groups is 1. The van der Waals surface area contributed by atoms with Gasteiger partial charge in [-0.3, -0.25) is 0 Å². The number of halogens is 3. The van der Waals surface area contributed by atoms with Crippen LogP contribution in [0.3, 0.4) is 0 Å². The van der Waals surface area contributed by atoms with Gasteiger partial charge < -0.3 is 4.74 Å². The Bertz CT molecular complexity index is 981. The molecule has 2 aromatic carbocycles. The third-order valence-corrected chi connectivity index (χ3v) is 6.02. The second-order valence-corrected chi connectivity index (χ2v) is 7.99. The fraction of sp³-hybridized carbons (Fsp3) is 0.238. The zero-order valence-electron chi connectivity index (χ0n) is 15.7. The van der Waals surface area contributed by atoms with Crippen LogP contribution < -0.4 is 0 Å². The zero-order chi connectivity index (χ0) is 21.0. The van der Waals surface area contributed by atoms with Gasteiger partial charge in [0.25, 0.3) is 0 Å². The molecule has 0 atom stereocenters. The van der Waals surface area contributed by atoms with Crippen molar-refractivity contribution in [1.29, 1.82) is 0 Å². The molecule has 0 saturated heterocycles. The molecule has 0 aliphatic heterocycles. The van der Waals surface area contributed by atoms with Crippen molar-refractivity contribution in [2.45, 2.75) is 24.4 Å². The average Bonchev–Trinajstić information content (AvgIpc) is 3.12. The second-order valence-electron chi connectivity index (χ2n) is 6.12. The lowest BCUT2D eigenvalue weighted by Crippen LogP contribution is -2.06. The molecule has 29 heavy (non-hydrogen) atoms. The van der Waals surface area contributed by atoms with E-state index in [1.165, 1.54) is 12.1 Å². The van der Waals surface area contributed by atoms with E-state index in [4.69, 9.17) is 4.74 Å². The molecule has 152 valence electrons. The first kappa shape index (κ1) is 21.4. The molecule has 0 amide bonds. The lowest BCUT2D eigenvalue weighted by atomic mass is 10.1. The van der Waals surface area contributed by atoms with Crippen molar-refractivity contribution >= 4 is 29.1 Å². The van der Waals surface area contributed by atoms with Gasteiger partial charge in [-0.05, 0) is 43.0 Å². The van der Waals surface area contributed by atoms with E-state index in [9.17, 15) is 18.0 Å². The predicted molar refractivity (Wildman–Crippen MR) is 110 cm³/mol. The van der Waals surface area contributed by atoms with Crippen molar-refractivity contribution in [3.63, 3.8) is 0 Å². The molecule has 8 heteroatoms. The fourth-order valence-electron chi connectivity index (χ4n) is 2.69. The van der Waals surface area contributed by atoms with Crippen LogP contribution in [0.2, 0.25) is 0 Å². The van der Waals surface area contributed by atoms with Crippen molar-refractivity contribution in [1.82, 2.24) is 4.98 Å². The Morgan fingerprint density at radius 1 is 1.10 bits per heavy atom. The summed E-state index contributed by atoms with van der Waals surface area (Å²) in [4.78, 5) is 18.4. The first-order chi connectivity index (χ1) is 13.8. The Hall–Kier alpha value is -2.32. The lowest BCUT2D eigenvalue weighted by molar-refractivity contribution is -0.137. The van der Waals surface area contributed by atoms with Gasteiger partial charge in [-0.15, -0.1) is 23.1 Å². The molecule has 3 aromatic rings. The average molecular weight is 438 g/mol. The van der Waals surface area contributed by atoms with Crippen molar-refractivity contribution in [2.75, 3.05) is 12.9 Å². The topological polar surface area (TPSA) is 39.2 Å². The molecular weight excluding hydrogens is 419 g/mol. The molecule has 0 saturated carbocycles. The van der Waals surface area contributed by atoms with Crippen molar-refractivity contribution < 1.29 is 22.7 Å². The van der Waals surface area contributed by atoms with Crippen LogP contribution in [0.4, 0.5) is 13.2 Å². The molecule has 0 spiro atoms. The molecule has 1 heterocycles. The number of ether oxygens (including phenoxy) is 1. The second kappa shape index (κ2) is 9.00. The number of hydrogen-bond acceptors (Lipinski definition) is 5. The van der Waals surface area contributed by atoms with Gasteiger partial charge >= 0.3 is 12.1 Å². The minimum Gasteiger partial charge on any atom is -0.462 e. The summed E-state index contributed by atoms with van der Waals surface area (Å²) in [6, 6.07) is 12.7. The molecule has 0 aliphatic rings. The maximum absolute atomic E-state index is 12.8. The predicted octanol–water partition coefficient (Wildman–Crippen LogP) is 6.32. The van der Waals surface area contributed by atoms with Gasteiger partial charge in [0.15, 0.2) is 0 Å². The normalized spacial score (nSPS) is 11.5. The van der Waals surface area contributed by atoms with Crippen LogP contribution in [0, 0.1) is 0 Å². The Kier molecular flexibility index (Phi) is 6.64. The largest absolute Gasteiger partial charge is 0.462 e. The van der Waals surface area contributed by atoms with Gasteiger partial charge in [0, 0.05) is 16.9 Å². The SMILES string of the molecule is CCOC(=O)c1sc(-c2ccc(C(F)(F)F)cc2)nc1Cc1ccc(SC)cc1. The highest BCUT2D eigenvalue weighted by molar-refractivity contribution is 7.98. The van der Waals surface area contributed by atoms with Crippen molar-refractivity contribution in [2.24, 2.45) is 0 Å².